The second-order valence-electron chi connectivity index (χ2n) is 4.95. The minimum Gasteiger partial charge on any atom is -0.504 e. The van der Waals surface area contributed by atoms with E-state index in [1.165, 1.54) is 25.4 Å². The zero-order valence-corrected chi connectivity index (χ0v) is 14.1. The molecule has 2 aromatic carbocycles. The van der Waals surface area contributed by atoms with Crippen LogP contribution in [0.15, 0.2) is 47.1 Å². The Morgan fingerprint density at radius 1 is 1.33 bits per heavy atom. The number of fused-ring (bicyclic) bond motifs is 1. The number of nitro groups is 1. The van der Waals surface area contributed by atoms with Gasteiger partial charge in [-0.3, -0.25) is 10.1 Å². The Hall–Kier alpha value is -2.87. The molecular formula is C16H12BrN3O4. The quantitative estimate of drug-likeness (QED) is 0.507. The molecule has 7 nitrogen and oxygen atoms in total. The lowest BCUT2D eigenvalue weighted by molar-refractivity contribution is -0.384. The second kappa shape index (κ2) is 6.32. The topological polar surface area (TPSA) is 97.5 Å². The molecule has 0 aliphatic carbocycles. The predicted molar refractivity (Wildman–Crippen MR) is 94.0 cm³/mol. The summed E-state index contributed by atoms with van der Waals surface area (Å²) in [4.78, 5) is 14.9. The zero-order chi connectivity index (χ0) is 17.3. The second-order valence-corrected chi connectivity index (χ2v) is 5.87. The molecule has 0 saturated heterocycles. The minimum absolute atomic E-state index is 0.121. The van der Waals surface area contributed by atoms with E-state index in [1.807, 2.05) is 12.1 Å². The fourth-order valence-corrected chi connectivity index (χ4v) is 2.74. The van der Waals surface area contributed by atoms with Gasteiger partial charge in [0.2, 0.25) is 0 Å². The van der Waals surface area contributed by atoms with Crippen LogP contribution >= 0.6 is 15.9 Å². The van der Waals surface area contributed by atoms with Gasteiger partial charge in [0, 0.05) is 21.6 Å². The fraction of sp³-hybridized carbons (Fsp3) is 0.0625. The number of phenolic OH excluding ortho intramolecular Hbond substituents is 1. The number of methoxy groups -OCH3 is 1. The smallest absolute Gasteiger partial charge is 0.311 e. The molecule has 0 spiro atoms. The van der Waals surface area contributed by atoms with Crippen LogP contribution in [0, 0.1) is 10.1 Å². The molecule has 24 heavy (non-hydrogen) atoms. The van der Waals surface area contributed by atoms with Gasteiger partial charge in [-0.2, -0.15) is 0 Å². The summed E-state index contributed by atoms with van der Waals surface area (Å²) in [5.74, 6) is 0.127. The third-order valence-corrected chi connectivity index (χ3v) is 3.93. The van der Waals surface area contributed by atoms with Crippen molar-refractivity contribution in [1.29, 1.82) is 0 Å². The third kappa shape index (κ3) is 2.95. The molecular weight excluding hydrogens is 378 g/mol. The Labute approximate surface area is 145 Å². The molecule has 0 atom stereocenters. The number of pyridine rings is 1. The molecule has 0 radical (unpaired) electrons. The summed E-state index contributed by atoms with van der Waals surface area (Å²) in [6.45, 7) is 0. The van der Waals surface area contributed by atoms with E-state index in [2.05, 4.69) is 26.2 Å². The summed E-state index contributed by atoms with van der Waals surface area (Å²) in [6, 6.07) is 10.2. The molecule has 3 aromatic rings. The van der Waals surface area contributed by atoms with E-state index in [1.54, 1.807) is 12.1 Å². The van der Waals surface area contributed by atoms with Crippen LogP contribution in [0.3, 0.4) is 0 Å². The minimum atomic E-state index is -0.520. The van der Waals surface area contributed by atoms with Crippen LogP contribution in [0.4, 0.5) is 17.1 Å². The SMILES string of the molecule is COc1cc2ncc([N+](=O)[O-])c(Nc3cccc(Br)c3)c2cc1O. The van der Waals surface area contributed by atoms with E-state index in [4.69, 9.17) is 4.74 Å². The van der Waals surface area contributed by atoms with Gasteiger partial charge in [-0.25, -0.2) is 4.98 Å². The number of hydrogen-bond acceptors (Lipinski definition) is 6. The molecule has 1 heterocycles. The lowest BCUT2D eigenvalue weighted by Gasteiger charge is -2.12. The van der Waals surface area contributed by atoms with Crippen LogP contribution < -0.4 is 10.1 Å². The Bertz CT molecular complexity index is 946. The van der Waals surface area contributed by atoms with Crippen molar-refractivity contribution in [3.05, 3.63) is 57.2 Å². The van der Waals surface area contributed by atoms with Crippen molar-refractivity contribution in [2.75, 3.05) is 12.4 Å². The van der Waals surface area contributed by atoms with Crippen LogP contribution in [0.2, 0.25) is 0 Å². The van der Waals surface area contributed by atoms with Crippen molar-refractivity contribution in [3.63, 3.8) is 0 Å². The average molecular weight is 390 g/mol. The number of rotatable bonds is 4. The van der Waals surface area contributed by atoms with E-state index in [9.17, 15) is 15.2 Å². The maximum Gasteiger partial charge on any atom is 0.311 e. The Morgan fingerprint density at radius 3 is 2.79 bits per heavy atom. The maximum absolute atomic E-state index is 11.4. The first-order valence-electron chi connectivity index (χ1n) is 6.86. The number of ether oxygens (including phenoxy) is 1. The first-order valence-corrected chi connectivity index (χ1v) is 7.65. The van der Waals surface area contributed by atoms with Gasteiger partial charge in [0.05, 0.1) is 17.5 Å². The van der Waals surface area contributed by atoms with E-state index >= 15 is 0 Å². The molecule has 0 unspecified atom stereocenters. The molecule has 1 aromatic heterocycles. The Balaban J connectivity index is 2.23. The summed E-state index contributed by atoms with van der Waals surface area (Å²) in [6.07, 6.45) is 1.18. The zero-order valence-electron chi connectivity index (χ0n) is 12.5. The number of aromatic hydroxyl groups is 1. The van der Waals surface area contributed by atoms with Crippen molar-refractivity contribution in [3.8, 4) is 11.5 Å². The summed E-state index contributed by atoms with van der Waals surface area (Å²) >= 11 is 3.36. The van der Waals surface area contributed by atoms with Crippen LogP contribution in [0.1, 0.15) is 0 Å². The number of nitrogens with one attached hydrogen (secondary N) is 1. The molecule has 0 fully saturated rings. The highest BCUT2D eigenvalue weighted by Crippen LogP contribution is 2.39. The van der Waals surface area contributed by atoms with Crippen LogP contribution in [0.5, 0.6) is 11.5 Å². The lowest BCUT2D eigenvalue weighted by Crippen LogP contribution is -2.00. The van der Waals surface area contributed by atoms with Gasteiger partial charge in [0.15, 0.2) is 11.5 Å². The van der Waals surface area contributed by atoms with Crippen molar-refractivity contribution in [1.82, 2.24) is 4.98 Å². The van der Waals surface area contributed by atoms with Gasteiger partial charge >= 0.3 is 5.69 Å². The highest BCUT2D eigenvalue weighted by atomic mass is 79.9. The van der Waals surface area contributed by atoms with Gasteiger partial charge < -0.3 is 15.2 Å². The van der Waals surface area contributed by atoms with Gasteiger partial charge in [-0.05, 0) is 24.3 Å². The summed E-state index contributed by atoms with van der Waals surface area (Å²) in [7, 11) is 1.42. The van der Waals surface area contributed by atoms with E-state index in [-0.39, 0.29) is 22.9 Å². The first-order chi connectivity index (χ1) is 11.5. The molecule has 0 saturated carbocycles. The van der Waals surface area contributed by atoms with Crippen molar-refractivity contribution < 1.29 is 14.8 Å². The van der Waals surface area contributed by atoms with E-state index in [0.29, 0.717) is 16.6 Å². The Kier molecular flexibility index (Phi) is 4.22. The van der Waals surface area contributed by atoms with Crippen LogP contribution in [0.25, 0.3) is 10.9 Å². The maximum atomic E-state index is 11.4. The molecule has 0 bridgehead atoms. The van der Waals surface area contributed by atoms with Crippen molar-refractivity contribution in [2.24, 2.45) is 0 Å². The molecule has 0 aliphatic heterocycles. The normalized spacial score (nSPS) is 10.6. The molecule has 3 rings (SSSR count). The molecule has 0 aliphatic rings. The van der Waals surface area contributed by atoms with E-state index in [0.717, 1.165) is 4.47 Å². The average Bonchev–Trinajstić information content (AvgIpc) is 2.54. The van der Waals surface area contributed by atoms with E-state index < -0.39 is 4.92 Å². The van der Waals surface area contributed by atoms with Gasteiger partial charge in [-0.1, -0.05) is 22.0 Å². The molecule has 122 valence electrons. The largest absolute Gasteiger partial charge is 0.504 e. The number of benzene rings is 2. The van der Waals surface area contributed by atoms with Crippen molar-refractivity contribution in [2.45, 2.75) is 0 Å². The molecule has 0 amide bonds. The van der Waals surface area contributed by atoms with Crippen molar-refractivity contribution >= 4 is 43.9 Å². The van der Waals surface area contributed by atoms with Crippen LogP contribution in [-0.4, -0.2) is 22.1 Å². The highest BCUT2D eigenvalue weighted by molar-refractivity contribution is 9.10. The van der Waals surface area contributed by atoms with Crippen LogP contribution in [-0.2, 0) is 0 Å². The van der Waals surface area contributed by atoms with Gasteiger partial charge in [-0.15, -0.1) is 0 Å². The Morgan fingerprint density at radius 2 is 2.12 bits per heavy atom. The lowest BCUT2D eigenvalue weighted by atomic mass is 10.1. The monoisotopic (exact) mass is 389 g/mol. The first kappa shape index (κ1) is 16.0. The third-order valence-electron chi connectivity index (χ3n) is 3.44. The number of phenols is 1. The molecule has 2 N–H and O–H groups in total. The van der Waals surface area contributed by atoms with Gasteiger partial charge in [0.1, 0.15) is 11.9 Å². The summed E-state index contributed by atoms with van der Waals surface area (Å²) in [5, 5.41) is 24.8. The number of aromatic nitrogens is 1. The standard InChI is InChI=1S/C16H12BrN3O4/c1-24-15-7-12-11(6-14(15)21)16(13(8-18-12)20(22)23)19-10-4-2-3-9(17)5-10/h2-8,21H,1H3,(H,18,19). The predicted octanol–water partition coefficient (Wildman–Crippen LogP) is 4.36. The molecule has 8 heteroatoms. The number of anilines is 2. The number of hydrogen-bond donors (Lipinski definition) is 2. The summed E-state index contributed by atoms with van der Waals surface area (Å²) in [5.41, 5.74) is 1.19. The summed E-state index contributed by atoms with van der Waals surface area (Å²) < 4.78 is 5.89. The highest BCUT2D eigenvalue weighted by Gasteiger charge is 2.20. The number of nitrogens with zero attached hydrogens (tertiary/aromatic N) is 2. The van der Waals surface area contributed by atoms with Gasteiger partial charge in [0.25, 0.3) is 0 Å². The fourth-order valence-electron chi connectivity index (χ4n) is 2.34. The number of halogens is 1.